The second-order valence-electron chi connectivity index (χ2n) is 5.31. The van der Waals surface area contributed by atoms with Crippen molar-refractivity contribution in [2.75, 3.05) is 18.2 Å². The lowest BCUT2D eigenvalue weighted by Crippen LogP contribution is -2.22. The zero-order valence-electron chi connectivity index (χ0n) is 13.8. The molecular formula is C16H13ClN2O7S. The number of nitrogens with zero attached hydrogens (tertiary/aromatic N) is 1. The highest BCUT2D eigenvalue weighted by Gasteiger charge is 2.21. The predicted molar refractivity (Wildman–Crippen MR) is 96.6 cm³/mol. The Hall–Kier alpha value is -2.98. The van der Waals surface area contributed by atoms with Crippen LogP contribution in [-0.4, -0.2) is 38.1 Å². The summed E-state index contributed by atoms with van der Waals surface area (Å²) >= 11 is 5.68. The number of esters is 1. The molecule has 2 rings (SSSR count). The number of halogens is 1. The van der Waals surface area contributed by atoms with Gasteiger partial charge in [-0.15, -0.1) is 0 Å². The van der Waals surface area contributed by atoms with Gasteiger partial charge in [0.25, 0.3) is 11.6 Å². The fraction of sp³-hybridized carbons (Fsp3) is 0.125. The van der Waals surface area contributed by atoms with Crippen molar-refractivity contribution in [3.05, 3.63) is 63.2 Å². The van der Waals surface area contributed by atoms with Crippen LogP contribution in [0.2, 0.25) is 5.02 Å². The molecule has 0 saturated heterocycles. The largest absolute Gasteiger partial charge is 0.452 e. The Morgan fingerprint density at radius 2 is 1.89 bits per heavy atom. The van der Waals surface area contributed by atoms with Crippen molar-refractivity contribution in [3.8, 4) is 0 Å². The standard InChI is InChI=1S/C16H13ClN2O7S/c1-27(24,25)14-5-3-2-4-11(14)16(21)26-9-15(20)18-12-7-6-10(17)8-13(12)19(22)23/h2-8H,9H2,1H3,(H,18,20). The molecule has 2 aromatic carbocycles. The summed E-state index contributed by atoms with van der Waals surface area (Å²) in [5.74, 6) is -1.86. The lowest BCUT2D eigenvalue weighted by molar-refractivity contribution is -0.383. The zero-order chi connectivity index (χ0) is 20.2. The van der Waals surface area contributed by atoms with Crippen LogP contribution in [0.3, 0.4) is 0 Å². The maximum Gasteiger partial charge on any atom is 0.339 e. The van der Waals surface area contributed by atoms with Gasteiger partial charge in [0, 0.05) is 17.3 Å². The van der Waals surface area contributed by atoms with Crippen LogP contribution in [0.15, 0.2) is 47.4 Å². The molecule has 0 aliphatic carbocycles. The normalized spacial score (nSPS) is 10.9. The lowest BCUT2D eigenvalue weighted by atomic mass is 10.2. The number of amides is 1. The smallest absolute Gasteiger partial charge is 0.339 e. The van der Waals surface area contributed by atoms with Gasteiger partial charge < -0.3 is 10.1 Å². The number of sulfone groups is 1. The van der Waals surface area contributed by atoms with E-state index in [4.69, 9.17) is 16.3 Å². The van der Waals surface area contributed by atoms with Gasteiger partial charge in [0.1, 0.15) is 5.69 Å². The Morgan fingerprint density at radius 1 is 1.22 bits per heavy atom. The Labute approximate surface area is 159 Å². The highest BCUT2D eigenvalue weighted by atomic mass is 35.5. The highest BCUT2D eigenvalue weighted by molar-refractivity contribution is 7.90. The molecule has 0 fully saturated rings. The molecule has 0 atom stereocenters. The summed E-state index contributed by atoms with van der Waals surface area (Å²) < 4.78 is 28.2. The minimum atomic E-state index is -3.67. The van der Waals surface area contributed by atoms with E-state index in [-0.39, 0.29) is 21.2 Å². The van der Waals surface area contributed by atoms with Gasteiger partial charge in [-0.05, 0) is 24.3 Å². The quantitative estimate of drug-likeness (QED) is 0.437. The third-order valence-corrected chi connectivity index (χ3v) is 4.66. The first-order chi connectivity index (χ1) is 12.6. The van der Waals surface area contributed by atoms with Crippen LogP contribution in [0.25, 0.3) is 0 Å². The first-order valence-corrected chi connectivity index (χ1v) is 9.56. The van der Waals surface area contributed by atoms with Crippen molar-refractivity contribution in [2.45, 2.75) is 4.90 Å². The number of hydrogen-bond donors (Lipinski definition) is 1. The molecule has 0 aliphatic heterocycles. The van der Waals surface area contributed by atoms with Crippen molar-refractivity contribution in [2.24, 2.45) is 0 Å². The molecule has 0 aromatic heterocycles. The molecule has 1 N–H and O–H groups in total. The molecule has 0 saturated carbocycles. The van der Waals surface area contributed by atoms with E-state index in [1.807, 2.05) is 0 Å². The maximum absolute atomic E-state index is 12.1. The number of benzene rings is 2. The molecule has 27 heavy (non-hydrogen) atoms. The summed E-state index contributed by atoms with van der Waals surface area (Å²) in [6, 6.07) is 9.02. The Kier molecular flexibility index (Phi) is 6.13. The van der Waals surface area contributed by atoms with Crippen molar-refractivity contribution in [3.63, 3.8) is 0 Å². The SMILES string of the molecule is CS(=O)(=O)c1ccccc1C(=O)OCC(=O)Nc1ccc(Cl)cc1[N+](=O)[O-]. The molecule has 0 bridgehead atoms. The predicted octanol–water partition coefficient (Wildman–Crippen LogP) is 2.45. The van der Waals surface area contributed by atoms with Crippen LogP contribution in [0, 0.1) is 10.1 Å². The van der Waals surface area contributed by atoms with Crippen LogP contribution in [0.1, 0.15) is 10.4 Å². The van der Waals surface area contributed by atoms with Crippen LogP contribution < -0.4 is 5.32 Å². The van der Waals surface area contributed by atoms with Crippen molar-refractivity contribution in [1.82, 2.24) is 0 Å². The van der Waals surface area contributed by atoms with Crippen molar-refractivity contribution < 1.29 is 27.7 Å². The summed E-state index contributed by atoms with van der Waals surface area (Å²) in [4.78, 5) is 34.1. The first-order valence-electron chi connectivity index (χ1n) is 7.29. The number of anilines is 1. The molecule has 1 amide bonds. The number of carbonyl (C=O) groups excluding carboxylic acids is 2. The number of rotatable bonds is 6. The molecular weight excluding hydrogens is 400 g/mol. The zero-order valence-corrected chi connectivity index (χ0v) is 15.4. The van der Waals surface area contributed by atoms with E-state index in [2.05, 4.69) is 5.32 Å². The number of hydrogen-bond acceptors (Lipinski definition) is 7. The first kappa shape index (κ1) is 20.3. The molecule has 0 radical (unpaired) electrons. The van der Waals surface area contributed by atoms with Gasteiger partial charge in [-0.2, -0.15) is 0 Å². The van der Waals surface area contributed by atoms with Gasteiger partial charge in [-0.25, -0.2) is 13.2 Å². The minimum Gasteiger partial charge on any atom is -0.452 e. The Balaban J connectivity index is 2.09. The second kappa shape index (κ2) is 8.14. The fourth-order valence-corrected chi connectivity index (χ4v) is 3.16. The van der Waals surface area contributed by atoms with E-state index in [1.165, 1.54) is 36.4 Å². The van der Waals surface area contributed by atoms with Gasteiger partial charge in [0.15, 0.2) is 16.4 Å². The molecule has 142 valence electrons. The second-order valence-corrected chi connectivity index (χ2v) is 7.73. The summed E-state index contributed by atoms with van der Waals surface area (Å²) in [7, 11) is -3.67. The van der Waals surface area contributed by atoms with E-state index in [1.54, 1.807) is 0 Å². The van der Waals surface area contributed by atoms with E-state index in [9.17, 15) is 28.1 Å². The monoisotopic (exact) mass is 412 g/mol. The van der Waals surface area contributed by atoms with Crippen LogP contribution in [0.4, 0.5) is 11.4 Å². The molecule has 2 aromatic rings. The van der Waals surface area contributed by atoms with Gasteiger partial charge in [-0.3, -0.25) is 14.9 Å². The van der Waals surface area contributed by atoms with E-state index < -0.39 is 38.9 Å². The average molecular weight is 413 g/mol. The summed E-state index contributed by atoms with van der Waals surface area (Å²) in [5, 5.41) is 13.3. The van der Waals surface area contributed by atoms with Gasteiger partial charge >= 0.3 is 5.97 Å². The van der Waals surface area contributed by atoms with Crippen LogP contribution in [0.5, 0.6) is 0 Å². The number of nitrogens with one attached hydrogen (secondary N) is 1. The number of nitro groups is 1. The molecule has 0 aliphatic rings. The summed E-state index contributed by atoms with van der Waals surface area (Å²) in [6.45, 7) is -0.767. The van der Waals surface area contributed by atoms with Gasteiger partial charge in [0.05, 0.1) is 15.4 Å². The third kappa shape index (κ3) is 5.25. The van der Waals surface area contributed by atoms with Crippen LogP contribution in [-0.2, 0) is 19.4 Å². The minimum absolute atomic E-state index is 0.114. The van der Waals surface area contributed by atoms with Gasteiger partial charge in [0.2, 0.25) is 0 Å². The molecule has 9 nitrogen and oxygen atoms in total. The van der Waals surface area contributed by atoms with E-state index in [0.29, 0.717) is 0 Å². The Morgan fingerprint density at radius 3 is 2.52 bits per heavy atom. The Bertz CT molecular complexity index is 1020. The number of nitro benzene ring substituents is 1. The highest BCUT2D eigenvalue weighted by Crippen LogP contribution is 2.27. The van der Waals surface area contributed by atoms with E-state index >= 15 is 0 Å². The lowest BCUT2D eigenvalue weighted by Gasteiger charge is -2.09. The van der Waals surface area contributed by atoms with E-state index in [0.717, 1.165) is 12.3 Å². The molecule has 11 heteroatoms. The summed E-state index contributed by atoms with van der Waals surface area (Å²) in [5.41, 5.74) is -0.767. The van der Waals surface area contributed by atoms with Crippen molar-refractivity contribution in [1.29, 1.82) is 0 Å². The molecule has 0 spiro atoms. The maximum atomic E-state index is 12.1. The topological polar surface area (TPSA) is 133 Å². The average Bonchev–Trinajstić information content (AvgIpc) is 2.60. The fourth-order valence-electron chi connectivity index (χ4n) is 2.12. The van der Waals surface area contributed by atoms with Crippen molar-refractivity contribution >= 4 is 44.7 Å². The third-order valence-electron chi connectivity index (χ3n) is 3.27. The molecule has 0 unspecified atom stereocenters. The number of ether oxygens (including phenoxy) is 1. The summed E-state index contributed by atoms with van der Waals surface area (Å²) in [6.07, 6.45) is 0.936. The van der Waals surface area contributed by atoms with Gasteiger partial charge in [-0.1, -0.05) is 23.7 Å². The van der Waals surface area contributed by atoms with Crippen LogP contribution >= 0.6 is 11.6 Å². The number of carbonyl (C=O) groups is 2. The molecule has 0 heterocycles.